The average molecular weight is 365 g/mol. The molecule has 7 nitrogen and oxygen atoms in total. The molecule has 0 saturated carbocycles. The van der Waals surface area contributed by atoms with Gasteiger partial charge in [-0.05, 0) is 48.9 Å². The fraction of sp³-hybridized carbons (Fsp3) is 0.105. The summed E-state index contributed by atoms with van der Waals surface area (Å²) in [6.45, 7) is 1.92. The van der Waals surface area contributed by atoms with Gasteiger partial charge in [0.2, 0.25) is 0 Å². The number of carbonyl (C=O) groups is 1. The van der Waals surface area contributed by atoms with Crippen molar-refractivity contribution < 1.29 is 9.18 Å². The molecule has 4 aromatic rings. The van der Waals surface area contributed by atoms with E-state index in [1.807, 2.05) is 6.92 Å². The molecule has 2 aromatic carbocycles. The van der Waals surface area contributed by atoms with Gasteiger partial charge in [0.1, 0.15) is 5.82 Å². The van der Waals surface area contributed by atoms with Crippen molar-refractivity contribution >= 4 is 22.6 Å². The summed E-state index contributed by atoms with van der Waals surface area (Å²) in [6, 6.07) is 11.0. The molecule has 0 saturated heterocycles. The summed E-state index contributed by atoms with van der Waals surface area (Å²) in [5, 5.41) is 7.10. The van der Waals surface area contributed by atoms with Gasteiger partial charge in [0.25, 0.3) is 5.91 Å². The van der Waals surface area contributed by atoms with Gasteiger partial charge < -0.3 is 15.3 Å². The van der Waals surface area contributed by atoms with E-state index in [0.29, 0.717) is 34.4 Å². The highest BCUT2D eigenvalue weighted by Gasteiger charge is 2.17. The number of hydrogen-bond acceptors (Lipinski definition) is 3. The zero-order valence-electron chi connectivity index (χ0n) is 14.4. The van der Waals surface area contributed by atoms with Crippen molar-refractivity contribution in [3.8, 4) is 5.69 Å². The molecule has 3 N–H and O–H groups in total. The number of halogens is 1. The van der Waals surface area contributed by atoms with Gasteiger partial charge in [0.15, 0.2) is 0 Å². The van der Waals surface area contributed by atoms with Gasteiger partial charge in [-0.15, -0.1) is 0 Å². The summed E-state index contributed by atoms with van der Waals surface area (Å²) in [5.74, 6) is -0.641. The van der Waals surface area contributed by atoms with Gasteiger partial charge in [-0.3, -0.25) is 4.79 Å². The fourth-order valence-corrected chi connectivity index (χ4v) is 3.02. The largest absolute Gasteiger partial charge is 0.323 e. The van der Waals surface area contributed by atoms with Crippen LogP contribution in [0.1, 0.15) is 23.0 Å². The molecule has 0 fully saturated rings. The molecule has 4 rings (SSSR count). The highest BCUT2D eigenvalue weighted by molar-refractivity contribution is 6.05. The number of H-pyrrole nitrogens is 2. The third-order valence-electron chi connectivity index (χ3n) is 4.29. The minimum absolute atomic E-state index is 0.303. The van der Waals surface area contributed by atoms with Crippen molar-refractivity contribution in [2.75, 3.05) is 5.32 Å². The van der Waals surface area contributed by atoms with Crippen LogP contribution in [0, 0.1) is 5.82 Å². The van der Waals surface area contributed by atoms with E-state index in [1.54, 1.807) is 35.0 Å². The van der Waals surface area contributed by atoms with E-state index in [-0.39, 0.29) is 17.4 Å². The zero-order chi connectivity index (χ0) is 19.0. The number of rotatable bonds is 4. The number of benzene rings is 2. The number of nitrogens with zero attached hydrogens (tertiary/aromatic N) is 2. The predicted octanol–water partition coefficient (Wildman–Crippen LogP) is 3.00. The number of amides is 1. The summed E-state index contributed by atoms with van der Waals surface area (Å²) in [7, 11) is 0. The van der Waals surface area contributed by atoms with Gasteiger partial charge in [0, 0.05) is 5.69 Å². The van der Waals surface area contributed by atoms with E-state index in [0.717, 1.165) is 5.69 Å². The lowest BCUT2D eigenvalue weighted by Crippen LogP contribution is -2.14. The number of nitrogens with one attached hydrogen (secondary N) is 3. The lowest BCUT2D eigenvalue weighted by atomic mass is 10.1. The van der Waals surface area contributed by atoms with Gasteiger partial charge >= 0.3 is 5.69 Å². The first-order valence-electron chi connectivity index (χ1n) is 8.41. The van der Waals surface area contributed by atoms with Crippen LogP contribution < -0.4 is 11.0 Å². The molecule has 2 aromatic heterocycles. The third-order valence-corrected chi connectivity index (χ3v) is 4.29. The Bertz CT molecular complexity index is 1190. The Labute approximate surface area is 152 Å². The lowest BCUT2D eigenvalue weighted by Gasteiger charge is -2.09. The Morgan fingerprint density at radius 1 is 1.15 bits per heavy atom. The smallest absolute Gasteiger partial charge is 0.322 e. The Morgan fingerprint density at radius 3 is 2.63 bits per heavy atom. The molecule has 0 aliphatic heterocycles. The fourth-order valence-electron chi connectivity index (χ4n) is 3.02. The molecule has 1 amide bonds. The molecule has 27 heavy (non-hydrogen) atoms. The van der Waals surface area contributed by atoms with Crippen LogP contribution in [-0.2, 0) is 6.42 Å². The van der Waals surface area contributed by atoms with Gasteiger partial charge in [-0.1, -0.05) is 6.92 Å². The molecule has 0 aliphatic rings. The second-order valence-electron chi connectivity index (χ2n) is 6.04. The predicted molar refractivity (Wildman–Crippen MR) is 99.8 cm³/mol. The molecular weight excluding hydrogens is 349 g/mol. The Balaban J connectivity index is 1.64. The number of aromatic amines is 2. The molecule has 0 atom stereocenters. The molecule has 0 unspecified atom stereocenters. The van der Waals surface area contributed by atoms with E-state index in [9.17, 15) is 14.0 Å². The van der Waals surface area contributed by atoms with E-state index >= 15 is 0 Å². The summed E-state index contributed by atoms with van der Waals surface area (Å²) >= 11 is 0. The highest BCUT2D eigenvalue weighted by atomic mass is 19.1. The first-order valence-corrected chi connectivity index (χ1v) is 8.41. The standard InChI is InChI=1S/C19H16FN5O2/c1-2-17-14(10-21-25(17)13-6-3-11(20)4-7-13)18(26)22-12-5-8-15-16(9-12)24-19(27)23-15/h3-10H,2H2,1H3,(H,22,26)(H2,23,24,27). The van der Waals surface area contributed by atoms with Crippen molar-refractivity contribution in [2.45, 2.75) is 13.3 Å². The van der Waals surface area contributed by atoms with Crippen molar-refractivity contribution in [1.29, 1.82) is 0 Å². The van der Waals surface area contributed by atoms with Crippen LogP contribution in [0.15, 0.2) is 53.5 Å². The first kappa shape index (κ1) is 16.8. The zero-order valence-corrected chi connectivity index (χ0v) is 14.4. The van der Waals surface area contributed by atoms with Crippen LogP contribution in [0.5, 0.6) is 0 Å². The Hall–Kier alpha value is -3.68. The van der Waals surface area contributed by atoms with Crippen molar-refractivity contribution in [3.05, 3.63) is 76.2 Å². The van der Waals surface area contributed by atoms with Crippen LogP contribution in [0.3, 0.4) is 0 Å². The molecule has 2 heterocycles. The van der Waals surface area contributed by atoms with Gasteiger partial charge in [-0.2, -0.15) is 5.10 Å². The average Bonchev–Trinajstić information content (AvgIpc) is 3.24. The topological polar surface area (TPSA) is 95.6 Å². The Morgan fingerprint density at radius 2 is 1.89 bits per heavy atom. The number of carbonyl (C=O) groups excluding carboxylic acids is 1. The summed E-state index contributed by atoms with van der Waals surface area (Å²) in [5.41, 5.74) is 3.35. The maximum absolute atomic E-state index is 13.2. The monoisotopic (exact) mass is 365 g/mol. The van der Waals surface area contributed by atoms with E-state index in [2.05, 4.69) is 20.4 Å². The van der Waals surface area contributed by atoms with Crippen LogP contribution in [0.2, 0.25) is 0 Å². The summed E-state index contributed by atoms with van der Waals surface area (Å²) < 4.78 is 14.8. The SMILES string of the molecule is CCc1c(C(=O)Nc2ccc3[nH]c(=O)[nH]c3c2)cnn1-c1ccc(F)cc1. The molecule has 0 aliphatic carbocycles. The quantitative estimate of drug-likeness (QED) is 0.519. The number of aromatic nitrogens is 4. The van der Waals surface area contributed by atoms with Crippen molar-refractivity contribution in [2.24, 2.45) is 0 Å². The first-order chi connectivity index (χ1) is 13.0. The minimum Gasteiger partial charge on any atom is -0.322 e. The molecule has 0 spiro atoms. The van der Waals surface area contributed by atoms with Crippen LogP contribution in [-0.4, -0.2) is 25.7 Å². The molecule has 136 valence electrons. The second kappa shape index (κ2) is 6.56. The maximum atomic E-state index is 13.2. The number of hydrogen-bond donors (Lipinski definition) is 3. The number of imidazole rings is 1. The van der Waals surface area contributed by atoms with Crippen LogP contribution in [0.25, 0.3) is 16.7 Å². The molecule has 8 heteroatoms. The maximum Gasteiger partial charge on any atom is 0.323 e. The second-order valence-corrected chi connectivity index (χ2v) is 6.04. The number of fused-ring (bicyclic) bond motifs is 1. The lowest BCUT2D eigenvalue weighted by molar-refractivity contribution is 0.102. The molecule has 0 radical (unpaired) electrons. The van der Waals surface area contributed by atoms with E-state index < -0.39 is 0 Å². The summed E-state index contributed by atoms with van der Waals surface area (Å²) in [4.78, 5) is 29.4. The molecule has 0 bridgehead atoms. The Kier molecular flexibility index (Phi) is 4.08. The third kappa shape index (κ3) is 3.12. The van der Waals surface area contributed by atoms with Crippen LogP contribution in [0.4, 0.5) is 10.1 Å². The van der Waals surface area contributed by atoms with E-state index in [1.165, 1.54) is 18.3 Å². The van der Waals surface area contributed by atoms with Gasteiger partial charge in [-0.25, -0.2) is 13.9 Å². The normalized spacial score (nSPS) is 11.0. The van der Waals surface area contributed by atoms with Crippen molar-refractivity contribution in [3.63, 3.8) is 0 Å². The minimum atomic E-state index is -0.333. The van der Waals surface area contributed by atoms with Crippen molar-refractivity contribution in [1.82, 2.24) is 19.7 Å². The summed E-state index contributed by atoms with van der Waals surface area (Å²) in [6.07, 6.45) is 2.07. The van der Waals surface area contributed by atoms with Crippen LogP contribution >= 0.6 is 0 Å². The highest BCUT2D eigenvalue weighted by Crippen LogP contribution is 2.19. The number of anilines is 1. The molecular formula is C19H16FN5O2. The van der Waals surface area contributed by atoms with Gasteiger partial charge in [0.05, 0.1) is 34.2 Å². The van der Waals surface area contributed by atoms with E-state index in [4.69, 9.17) is 0 Å².